The minimum absolute atomic E-state index is 0.0430. The molecule has 1 spiro atoms. The molecule has 3 aliphatic rings. The Morgan fingerprint density at radius 1 is 1.28 bits per heavy atom. The number of thioether (sulfide) groups is 1. The molecule has 2 bridgehead atoms. The maximum absolute atomic E-state index is 14.5. The molecule has 1 aromatic rings. The number of fused-ring (bicyclic) bond motifs is 1. The van der Waals surface area contributed by atoms with E-state index in [-0.39, 0.29) is 42.8 Å². The number of esters is 1. The molecule has 0 radical (unpaired) electrons. The average molecular weight is 513 g/mol. The van der Waals surface area contributed by atoms with Crippen molar-refractivity contribution >= 4 is 35.2 Å². The van der Waals surface area contributed by atoms with Gasteiger partial charge in [-0.25, -0.2) is 0 Å². The minimum Gasteiger partial charge on any atom is -0.465 e. The Morgan fingerprint density at radius 3 is 2.64 bits per heavy atom. The van der Waals surface area contributed by atoms with Gasteiger partial charge in [0, 0.05) is 30.6 Å². The number of carbonyl (C=O) groups excluding carboxylic acids is 3. The predicted octanol–water partition coefficient (Wildman–Crippen LogP) is 3.42. The molecule has 3 fully saturated rings. The monoisotopic (exact) mass is 512 g/mol. The fourth-order valence-electron chi connectivity index (χ4n) is 6.32. The summed E-state index contributed by atoms with van der Waals surface area (Å²) >= 11 is 1.62. The number of para-hydroxylation sites is 1. The van der Waals surface area contributed by atoms with Gasteiger partial charge in [0.05, 0.1) is 23.2 Å². The second-order valence-electron chi connectivity index (χ2n) is 9.89. The van der Waals surface area contributed by atoms with Crippen molar-refractivity contribution < 1.29 is 24.2 Å². The Hall–Kier alpha value is -2.58. The van der Waals surface area contributed by atoms with Gasteiger partial charge in [0.2, 0.25) is 5.91 Å². The summed E-state index contributed by atoms with van der Waals surface area (Å²) in [6.45, 7) is 12.2. The number of aryl methyl sites for hydroxylation is 2. The van der Waals surface area contributed by atoms with Gasteiger partial charge in [-0.15, -0.1) is 24.9 Å². The van der Waals surface area contributed by atoms with Gasteiger partial charge in [0.15, 0.2) is 0 Å². The van der Waals surface area contributed by atoms with Gasteiger partial charge in [-0.05, 0) is 50.7 Å². The molecule has 5 atom stereocenters. The molecular formula is C28H36N2O5S. The Balaban J connectivity index is 1.75. The van der Waals surface area contributed by atoms with Crippen LogP contribution in [-0.2, 0) is 19.1 Å². The molecule has 0 aromatic heterocycles. The van der Waals surface area contributed by atoms with Crippen LogP contribution in [0.3, 0.4) is 0 Å². The molecule has 7 nitrogen and oxygen atoms in total. The summed E-state index contributed by atoms with van der Waals surface area (Å²) < 4.78 is 4.84. The number of likely N-dealkylation sites (tertiary alicyclic amines) is 1. The molecule has 0 aliphatic carbocycles. The van der Waals surface area contributed by atoms with Crippen molar-refractivity contribution in [3.8, 4) is 0 Å². The first-order valence-corrected chi connectivity index (χ1v) is 13.6. The van der Waals surface area contributed by atoms with Gasteiger partial charge < -0.3 is 19.6 Å². The van der Waals surface area contributed by atoms with Gasteiger partial charge >= 0.3 is 5.97 Å². The SMILES string of the molecule is C=CCCOC(=O)[C@@H]1[C@@H]2CCC3(S2)C(C(=O)N(CC=C)c2c(C)cccc2C)N(CCCO)C(=O)[C@H]13. The van der Waals surface area contributed by atoms with Crippen LogP contribution in [0, 0.1) is 25.7 Å². The lowest BCUT2D eigenvalue weighted by Crippen LogP contribution is -2.55. The zero-order valence-corrected chi connectivity index (χ0v) is 22.0. The Kier molecular flexibility index (Phi) is 7.95. The minimum atomic E-state index is -0.721. The van der Waals surface area contributed by atoms with E-state index in [4.69, 9.17) is 4.74 Å². The number of nitrogens with zero attached hydrogens (tertiary/aromatic N) is 2. The number of aliphatic hydroxyl groups is 1. The third-order valence-electron chi connectivity index (χ3n) is 7.72. The maximum atomic E-state index is 14.5. The zero-order valence-electron chi connectivity index (χ0n) is 21.2. The Bertz CT molecular complexity index is 1040. The lowest BCUT2D eigenvalue weighted by Gasteiger charge is -2.38. The predicted molar refractivity (Wildman–Crippen MR) is 142 cm³/mol. The van der Waals surface area contributed by atoms with Crippen molar-refractivity contribution in [2.45, 2.75) is 55.6 Å². The van der Waals surface area contributed by atoms with Crippen molar-refractivity contribution in [2.24, 2.45) is 11.8 Å². The number of carbonyl (C=O) groups is 3. The molecule has 3 saturated heterocycles. The molecule has 3 heterocycles. The molecule has 1 aromatic carbocycles. The molecule has 2 unspecified atom stereocenters. The summed E-state index contributed by atoms with van der Waals surface area (Å²) in [4.78, 5) is 44.9. The van der Waals surface area contributed by atoms with Crippen molar-refractivity contribution in [1.82, 2.24) is 4.90 Å². The normalized spacial score (nSPS) is 28.2. The third kappa shape index (κ3) is 4.28. The fraction of sp³-hybridized carbons (Fsp3) is 0.536. The lowest BCUT2D eigenvalue weighted by atomic mass is 9.71. The first-order chi connectivity index (χ1) is 17.3. The van der Waals surface area contributed by atoms with Crippen LogP contribution in [0.5, 0.6) is 0 Å². The van der Waals surface area contributed by atoms with Crippen LogP contribution < -0.4 is 4.90 Å². The van der Waals surface area contributed by atoms with Gasteiger partial charge in [0.1, 0.15) is 6.04 Å². The van der Waals surface area contributed by atoms with Crippen LogP contribution in [0.15, 0.2) is 43.5 Å². The molecule has 8 heteroatoms. The van der Waals surface area contributed by atoms with E-state index in [1.165, 1.54) is 0 Å². The van der Waals surface area contributed by atoms with Crippen molar-refractivity contribution in [2.75, 3.05) is 31.2 Å². The zero-order chi connectivity index (χ0) is 26.0. The Labute approximate surface area is 217 Å². The van der Waals surface area contributed by atoms with Crippen molar-refractivity contribution in [3.05, 3.63) is 54.6 Å². The fourth-order valence-corrected chi connectivity index (χ4v) is 8.52. The van der Waals surface area contributed by atoms with E-state index in [1.807, 2.05) is 32.0 Å². The van der Waals surface area contributed by atoms with E-state index >= 15 is 0 Å². The molecule has 0 saturated carbocycles. The van der Waals surface area contributed by atoms with Gasteiger partial charge in [-0.1, -0.05) is 30.4 Å². The Morgan fingerprint density at radius 2 is 2.00 bits per heavy atom. The number of ether oxygens (including phenoxy) is 1. The summed E-state index contributed by atoms with van der Waals surface area (Å²) in [6.07, 6.45) is 5.76. The molecule has 194 valence electrons. The number of anilines is 1. The first-order valence-electron chi connectivity index (χ1n) is 12.7. The number of rotatable bonds is 11. The quantitative estimate of drug-likeness (QED) is 0.278. The van der Waals surface area contributed by atoms with Gasteiger partial charge in [-0.3, -0.25) is 14.4 Å². The van der Waals surface area contributed by atoms with E-state index in [2.05, 4.69) is 13.2 Å². The second kappa shape index (κ2) is 10.8. The second-order valence-corrected chi connectivity index (χ2v) is 11.5. The third-order valence-corrected chi connectivity index (χ3v) is 9.67. The molecule has 4 rings (SSSR count). The number of benzene rings is 1. The van der Waals surface area contributed by atoms with Gasteiger partial charge in [0.25, 0.3) is 5.91 Å². The van der Waals surface area contributed by atoms with E-state index < -0.39 is 22.6 Å². The first kappa shape index (κ1) is 26.5. The number of amides is 2. The number of hydrogen-bond acceptors (Lipinski definition) is 6. The largest absolute Gasteiger partial charge is 0.465 e. The molecule has 36 heavy (non-hydrogen) atoms. The smallest absolute Gasteiger partial charge is 0.310 e. The summed E-state index contributed by atoms with van der Waals surface area (Å²) in [7, 11) is 0. The van der Waals surface area contributed by atoms with Crippen molar-refractivity contribution in [3.63, 3.8) is 0 Å². The number of hydrogen-bond donors (Lipinski definition) is 1. The van der Waals surface area contributed by atoms with Crippen LogP contribution in [0.25, 0.3) is 0 Å². The highest BCUT2D eigenvalue weighted by Crippen LogP contribution is 2.66. The van der Waals surface area contributed by atoms with E-state index in [0.717, 1.165) is 23.2 Å². The summed E-state index contributed by atoms with van der Waals surface area (Å²) in [5.41, 5.74) is 2.77. The summed E-state index contributed by atoms with van der Waals surface area (Å²) in [6, 6.07) is 5.19. The highest BCUT2D eigenvalue weighted by Gasteiger charge is 2.74. The lowest BCUT2D eigenvalue weighted by molar-refractivity contribution is -0.154. The average Bonchev–Trinajstić information content (AvgIpc) is 3.49. The highest BCUT2D eigenvalue weighted by molar-refractivity contribution is 8.02. The molecule has 2 amide bonds. The van der Waals surface area contributed by atoms with Crippen LogP contribution in [0.1, 0.15) is 36.8 Å². The van der Waals surface area contributed by atoms with Crippen LogP contribution in [0.2, 0.25) is 0 Å². The topological polar surface area (TPSA) is 87.2 Å². The number of aliphatic hydroxyl groups excluding tert-OH is 1. The maximum Gasteiger partial charge on any atom is 0.310 e. The standard InChI is InChI=1S/C28H36N2O5S/c1-5-7-17-35-27(34)21-20-12-13-28(36-20)22(21)25(32)30(15-9-16-31)24(28)26(33)29(14-6-2)23-18(3)10-8-11-19(23)4/h5-6,8,10-11,20-22,24,31H,1-2,7,9,12-17H2,3-4H3/t20-,21+,22-,24?,28?/m0/s1. The van der Waals surface area contributed by atoms with Crippen LogP contribution in [0.4, 0.5) is 5.69 Å². The van der Waals surface area contributed by atoms with E-state index in [9.17, 15) is 19.5 Å². The van der Waals surface area contributed by atoms with Crippen LogP contribution >= 0.6 is 11.8 Å². The van der Waals surface area contributed by atoms with Crippen molar-refractivity contribution in [1.29, 1.82) is 0 Å². The summed E-state index contributed by atoms with van der Waals surface area (Å²) in [5.74, 6) is -1.86. The van der Waals surface area contributed by atoms with Crippen LogP contribution in [-0.4, -0.2) is 70.1 Å². The molecule has 1 N–H and O–H groups in total. The molecule has 3 aliphatic heterocycles. The molecular weight excluding hydrogens is 476 g/mol. The highest BCUT2D eigenvalue weighted by atomic mass is 32.2. The van der Waals surface area contributed by atoms with E-state index in [0.29, 0.717) is 25.8 Å². The summed E-state index contributed by atoms with van der Waals surface area (Å²) in [5, 5.41) is 9.50. The van der Waals surface area contributed by atoms with Gasteiger partial charge in [-0.2, -0.15) is 0 Å². The van der Waals surface area contributed by atoms with E-state index in [1.54, 1.807) is 33.7 Å².